The summed E-state index contributed by atoms with van der Waals surface area (Å²) in [5.41, 5.74) is -0.800. The quantitative estimate of drug-likeness (QED) is 0.432. The van der Waals surface area contributed by atoms with Gasteiger partial charge in [0.15, 0.2) is 0 Å². The Bertz CT molecular complexity index is 86.6. The standard InChI is InChI=1S/C8H18NO.Na/c1-5-9(6-2)7-8(3,4)10;/h5-7H2,1-4H3;/q-1;+1. The fraction of sp³-hybridized carbons (Fsp3) is 1.00. The topological polar surface area (TPSA) is 26.3 Å². The van der Waals surface area contributed by atoms with Crippen molar-refractivity contribution in [2.24, 2.45) is 0 Å². The van der Waals surface area contributed by atoms with E-state index in [0.29, 0.717) is 6.54 Å². The summed E-state index contributed by atoms with van der Waals surface area (Å²) in [6.07, 6.45) is 0. The third-order valence-electron chi connectivity index (χ3n) is 1.50. The van der Waals surface area contributed by atoms with Gasteiger partial charge in [-0.3, -0.25) is 0 Å². The summed E-state index contributed by atoms with van der Waals surface area (Å²) in [5.74, 6) is 0. The van der Waals surface area contributed by atoms with Gasteiger partial charge in [-0.2, -0.15) is 0 Å². The molecule has 0 aromatic carbocycles. The molecule has 3 heteroatoms. The van der Waals surface area contributed by atoms with E-state index >= 15 is 0 Å². The van der Waals surface area contributed by atoms with Crippen molar-refractivity contribution >= 4 is 0 Å². The third-order valence-corrected chi connectivity index (χ3v) is 1.50. The molecule has 0 N–H and O–H groups in total. The second kappa shape index (κ2) is 6.44. The molecule has 0 aliphatic heterocycles. The van der Waals surface area contributed by atoms with Crippen molar-refractivity contribution in [3.63, 3.8) is 0 Å². The normalized spacial score (nSPS) is 11.5. The number of hydrogen-bond donors (Lipinski definition) is 0. The molecule has 0 saturated heterocycles. The molecule has 0 saturated carbocycles. The number of likely N-dealkylation sites (N-methyl/N-ethyl adjacent to an activating group) is 1. The van der Waals surface area contributed by atoms with Crippen LogP contribution in [0, 0.1) is 0 Å². The largest absolute Gasteiger partial charge is 1.00 e. The molecular formula is C8H18NNaO. The van der Waals surface area contributed by atoms with Gasteiger partial charge in [0, 0.05) is 0 Å². The molecule has 11 heavy (non-hydrogen) atoms. The van der Waals surface area contributed by atoms with Crippen LogP contribution in [0.15, 0.2) is 0 Å². The average Bonchev–Trinajstić information content (AvgIpc) is 1.81. The predicted molar refractivity (Wildman–Crippen MR) is 41.9 cm³/mol. The molecule has 62 valence electrons. The van der Waals surface area contributed by atoms with Gasteiger partial charge < -0.3 is 10.0 Å². The second-order valence-corrected chi connectivity index (χ2v) is 3.22. The average molecular weight is 167 g/mol. The molecular weight excluding hydrogens is 149 g/mol. The molecule has 0 unspecified atom stereocenters. The van der Waals surface area contributed by atoms with Gasteiger partial charge in [-0.05, 0) is 19.6 Å². The Balaban J connectivity index is 0. The SMILES string of the molecule is CCN(CC)CC(C)(C)[O-].[Na+]. The molecule has 0 heterocycles. The molecule has 0 rings (SSSR count). The minimum Gasteiger partial charge on any atom is -0.849 e. The van der Waals surface area contributed by atoms with Crippen molar-refractivity contribution in [1.29, 1.82) is 0 Å². The second-order valence-electron chi connectivity index (χ2n) is 3.22. The Morgan fingerprint density at radius 2 is 1.55 bits per heavy atom. The van der Waals surface area contributed by atoms with E-state index in [0.717, 1.165) is 13.1 Å². The Kier molecular flexibility index (Phi) is 8.45. The first-order valence-electron chi connectivity index (χ1n) is 3.92. The minimum absolute atomic E-state index is 0. The molecule has 0 atom stereocenters. The fourth-order valence-corrected chi connectivity index (χ4v) is 0.986. The molecule has 0 aromatic rings. The van der Waals surface area contributed by atoms with Gasteiger partial charge >= 0.3 is 29.6 Å². The number of rotatable bonds is 4. The zero-order valence-electron chi connectivity index (χ0n) is 8.48. The molecule has 0 amide bonds. The van der Waals surface area contributed by atoms with Gasteiger partial charge in [0.2, 0.25) is 0 Å². The van der Waals surface area contributed by atoms with E-state index in [1.807, 2.05) is 0 Å². The van der Waals surface area contributed by atoms with Gasteiger partial charge in [-0.15, -0.1) is 5.60 Å². The van der Waals surface area contributed by atoms with Crippen LogP contribution in [0.1, 0.15) is 27.7 Å². The summed E-state index contributed by atoms with van der Waals surface area (Å²) in [5, 5.41) is 11.2. The molecule has 0 aliphatic carbocycles. The minimum atomic E-state index is -0.800. The van der Waals surface area contributed by atoms with Crippen molar-refractivity contribution in [1.82, 2.24) is 4.90 Å². The Morgan fingerprint density at radius 1 is 1.18 bits per heavy atom. The molecule has 0 aliphatic rings. The summed E-state index contributed by atoms with van der Waals surface area (Å²) < 4.78 is 0. The van der Waals surface area contributed by atoms with Crippen LogP contribution in [0.2, 0.25) is 0 Å². The van der Waals surface area contributed by atoms with E-state index in [9.17, 15) is 5.11 Å². The maximum absolute atomic E-state index is 11.2. The third kappa shape index (κ3) is 8.83. The van der Waals surface area contributed by atoms with Gasteiger partial charge in [-0.1, -0.05) is 27.7 Å². The molecule has 2 nitrogen and oxygen atoms in total. The number of hydrogen-bond acceptors (Lipinski definition) is 2. The van der Waals surface area contributed by atoms with Crippen molar-refractivity contribution in [3.05, 3.63) is 0 Å². The van der Waals surface area contributed by atoms with Crippen LogP contribution in [0.5, 0.6) is 0 Å². The van der Waals surface area contributed by atoms with Crippen molar-refractivity contribution in [2.45, 2.75) is 33.3 Å². The Morgan fingerprint density at radius 3 is 1.64 bits per heavy atom. The van der Waals surface area contributed by atoms with Gasteiger partial charge in [0.1, 0.15) is 0 Å². The van der Waals surface area contributed by atoms with Crippen LogP contribution in [0.3, 0.4) is 0 Å². The fourth-order valence-electron chi connectivity index (χ4n) is 0.986. The van der Waals surface area contributed by atoms with E-state index in [1.165, 1.54) is 0 Å². The van der Waals surface area contributed by atoms with Gasteiger partial charge in [-0.25, -0.2) is 0 Å². The van der Waals surface area contributed by atoms with Crippen LogP contribution in [0.25, 0.3) is 0 Å². The zero-order chi connectivity index (χ0) is 8.20. The maximum Gasteiger partial charge on any atom is 1.00 e. The van der Waals surface area contributed by atoms with E-state index < -0.39 is 5.60 Å². The van der Waals surface area contributed by atoms with Crippen LogP contribution >= 0.6 is 0 Å². The number of nitrogens with zero attached hydrogens (tertiary/aromatic N) is 1. The van der Waals surface area contributed by atoms with Crippen LogP contribution < -0.4 is 34.7 Å². The summed E-state index contributed by atoms with van der Waals surface area (Å²) in [6, 6.07) is 0. The first-order chi connectivity index (χ1) is 4.49. The molecule has 0 aromatic heterocycles. The first-order valence-corrected chi connectivity index (χ1v) is 3.92. The molecule has 0 radical (unpaired) electrons. The van der Waals surface area contributed by atoms with E-state index in [1.54, 1.807) is 13.8 Å². The maximum atomic E-state index is 11.2. The van der Waals surface area contributed by atoms with Gasteiger partial charge in [0.25, 0.3) is 0 Å². The van der Waals surface area contributed by atoms with E-state index in [2.05, 4.69) is 18.7 Å². The van der Waals surface area contributed by atoms with Gasteiger partial charge in [0.05, 0.1) is 0 Å². The summed E-state index contributed by atoms with van der Waals surface area (Å²) in [4.78, 5) is 2.15. The smallest absolute Gasteiger partial charge is 0.849 e. The van der Waals surface area contributed by atoms with E-state index in [-0.39, 0.29) is 29.6 Å². The first kappa shape index (κ1) is 14.4. The van der Waals surface area contributed by atoms with Crippen molar-refractivity contribution < 1.29 is 34.7 Å². The summed E-state index contributed by atoms with van der Waals surface area (Å²) in [6.45, 7) is 10.2. The predicted octanol–water partition coefficient (Wildman–Crippen LogP) is -2.53. The van der Waals surface area contributed by atoms with Crippen LogP contribution in [0.4, 0.5) is 0 Å². The van der Waals surface area contributed by atoms with Crippen molar-refractivity contribution in [3.8, 4) is 0 Å². The van der Waals surface area contributed by atoms with Crippen LogP contribution in [-0.4, -0.2) is 30.1 Å². The Hall–Kier alpha value is 0.920. The Labute approximate surface area is 92.3 Å². The van der Waals surface area contributed by atoms with E-state index in [4.69, 9.17) is 0 Å². The zero-order valence-corrected chi connectivity index (χ0v) is 10.5. The van der Waals surface area contributed by atoms with Crippen LogP contribution in [-0.2, 0) is 0 Å². The van der Waals surface area contributed by atoms with Crippen molar-refractivity contribution in [2.75, 3.05) is 19.6 Å². The monoisotopic (exact) mass is 167 g/mol. The summed E-state index contributed by atoms with van der Waals surface area (Å²) >= 11 is 0. The molecule has 0 fully saturated rings. The molecule has 0 spiro atoms. The molecule has 0 bridgehead atoms. The summed E-state index contributed by atoms with van der Waals surface area (Å²) in [7, 11) is 0.